The number of ether oxygens (including phenoxy) is 1. The minimum Gasteiger partial charge on any atom is -0.379 e. The second-order valence-electron chi connectivity index (χ2n) is 7.45. The van der Waals surface area contributed by atoms with Gasteiger partial charge < -0.3 is 14.5 Å². The molecule has 0 spiro atoms. The SMILES string of the molecule is CN1CCN(c2nc(CN3CCOCC3)nc3scc(-c4cccs4)c23)CC1. The summed E-state index contributed by atoms with van der Waals surface area (Å²) in [6.45, 7) is 8.48. The minimum absolute atomic E-state index is 0.798. The van der Waals surface area contributed by atoms with Gasteiger partial charge in [0.05, 0.1) is 25.1 Å². The van der Waals surface area contributed by atoms with E-state index in [0.717, 1.165) is 75.5 Å². The van der Waals surface area contributed by atoms with Crippen molar-refractivity contribution in [3.8, 4) is 10.4 Å². The monoisotopic (exact) mass is 415 g/mol. The molecule has 2 fully saturated rings. The van der Waals surface area contributed by atoms with Crippen molar-refractivity contribution >= 4 is 38.7 Å². The van der Waals surface area contributed by atoms with Gasteiger partial charge in [-0.3, -0.25) is 4.90 Å². The number of morpholine rings is 1. The fourth-order valence-corrected chi connectivity index (χ4v) is 5.63. The first-order chi connectivity index (χ1) is 13.8. The van der Waals surface area contributed by atoms with Crippen molar-refractivity contribution in [2.45, 2.75) is 6.54 Å². The lowest BCUT2D eigenvalue weighted by molar-refractivity contribution is 0.0331. The molecule has 0 amide bonds. The van der Waals surface area contributed by atoms with Crippen molar-refractivity contribution in [2.75, 3.05) is 64.4 Å². The van der Waals surface area contributed by atoms with Crippen LogP contribution in [0.5, 0.6) is 0 Å². The average molecular weight is 416 g/mol. The largest absolute Gasteiger partial charge is 0.379 e. The first-order valence-electron chi connectivity index (χ1n) is 9.83. The summed E-state index contributed by atoms with van der Waals surface area (Å²) >= 11 is 3.53. The summed E-state index contributed by atoms with van der Waals surface area (Å²) in [5.41, 5.74) is 1.28. The number of piperazine rings is 1. The molecule has 0 aliphatic carbocycles. The van der Waals surface area contributed by atoms with Crippen LogP contribution in [0.3, 0.4) is 0 Å². The fourth-order valence-electron chi connectivity index (χ4n) is 3.86. The molecule has 0 saturated carbocycles. The van der Waals surface area contributed by atoms with Gasteiger partial charge in [0.1, 0.15) is 16.5 Å². The molecule has 0 bridgehead atoms. The van der Waals surface area contributed by atoms with Crippen LogP contribution in [-0.2, 0) is 11.3 Å². The molecule has 3 aromatic heterocycles. The Kier molecular flexibility index (Phi) is 5.30. The highest BCUT2D eigenvalue weighted by Gasteiger charge is 2.23. The van der Waals surface area contributed by atoms with Crippen LogP contribution in [0, 0.1) is 0 Å². The second kappa shape index (κ2) is 8.04. The van der Waals surface area contributed by atoms with Crippen LogP contribution in [0.25, 0.3) is 20.7 Å². The summed E-state index contributed by atoms with van der Waals surface area (Å²) in [4.78, 5) is 19.7. The molecule has 3 aromatic rings. The summed E-state index contributed by atoms with van der Waals surface area (Å²) in [5, 5.41) is 5.62. The van der Waals surface area contributed by atoms with Crippen molar-refractivity contribution in [1.82, 2.24) is 19.8 Å². The molecule has 2 aliphatic heterocycles. The normalized spacial score (nSPS) is 19.5. The number of nitrogens with zero attached hydrogens (tertiary/aromatic N) is 5. The van der Waals surface area contributed by atoms with E-state index in [1.54, 1.807) is 22.7 Å². The number of hydrogen-bond acceptors (Lipinski definition) is 8. The molecule has 0 N–H and O–H groups in total. The van der Waals surface area contributed by atoms with Gasteiger partial charge >= 0.3 is 0 Å². The highest BCUT2D eigenvalue weighted by molar-refractivity contribution is 7.18. The predicted molar refractivity (Wildman–Crippen MR) is 117 cm³/mol. The summed E-state index contributed by atoms with van der Waals surface area (Å²) in [5.74, 6) is 2.05. The topological polar surface area (TPSA) is 44.7 Å². The van der Waals surface area contributed by atoms with Crippen LogP contribution in [0.2, 0.25) is 0 Å². The number of fused-ring (bicyclic) bond motifs is 1. The zero-order chi connectivity index (χ0) is 18.9. The molecule has 0 aromatic carbocycles. The summed E-state index contributed by atoms with van der Waals surface area (Å²) < 4.78 is 5.49. The predicted octanol–water partition coefficient (Wildman–Crippen LogP) is 3.00. The Morgan fingerprint density at radius 1 is 1.04 bits per heavy atom. The first-order valence-corrected chi connectivity index (χ1v) is 11.6. The third kappa shape index (κ3) is 3.67. The Bertz CT molecular complexity index is 928. The Labute approximate surface area is 173 Å². The Hall–Kier alpha value is -1.58. The van der Waals surface area contributed by atoms with Crippen LogP contribution < -0.4 is 4.90 Å². The maximum absolute atomic E-state index is 5.49. The van der Waals surface area contributed by atoms with Crippen LogP contribution in [-0.4, -0.2) is 79.3 Å². The molecule has 0 unspecified atom stereocenters. The van der Waals surface area contributed by atoms with Gasteiger partial charge in [-0.2, -0.15) is 0 Å². The van der Waals surface area contributed by atoms with Gasteiger partial charge in [0, 0.05) is 55.1 Å². The van der Waals surface area contributed by atoms with E-state index < -0.39 is 0 Å². The van der Waals surface area contributed by atoms with Gasteiger partial charge in [0.15, 0.2) is 0 Å². The van der Waals surface area contributed by atoms with Gasteiger partial charge in [-0.15, -0.1) is 22.7 Å². The van der Waals surface area contributed by atoms with E-state index in [1.165, 1.54) is 15.8 Å². The quantitative estimate of drug-likeness (QED) is 0.653. The van der Waals surface area contributed by atoms with E-state index >= 15 is 0 Å². The van der Waals surface area contributed by atoms with E-state index in [-0.39, 0.29) is 0 Å². The summed E-state index contributed by atoms with van der Waals surface area (Å²) in [6, 6.07) is 4.31. The van der Waals surface area contributed by atoms with E-state index in [2.05, 4.69) is 44.6 Å². The summed E-state index contributed by atoms with van der Waals surface area (Å²) in [7, 11) is 2.19. The van der Waals surface area contributed by atoms with Gasteiger partial charge in [0.25, 0.3) is 0 Å². The Morgan fingerprint density at radius 3 is 2.61 bits per heavy atom. The molecule has 0 radical (unpaired) electrons. The molecule has 6 nitrogen and oxygen atoms in total. The average Bonchev–Trinajstić information content (AvgIpc) is 3.38. The number of rotatable bonds is 4. The molecular formula is C20H25N5OS2. The Morgan fingerprint density at radius 2 is 1.86 bits per heavy atom. The second-order valence-corrected chi connectivity index (χ2v) is 9.25. The molecule has 2 saturated heterocycles. The van der Waals surface area contributed by atoms with Crippen molar-refractivity contribution in [3.63, 3.8) is 0 Å². The lowest BCUT2D eigenvalue weighted by Crippen LogP contribution is -2.45. The van der Waals surface area contributed by atoms with Gasteiger partial charge in [-0.25, -0.2) is 9.97 Å². The van der Waals surface area contributed by atoms with E-state index in [9.17, 15) is 0 Å². The van der Waals surface area contributed by atoms with Gasteiger partial charge in [-0.05, 0) is 18.5 Å². The minimum atomic E-state index is 0.798. The molecule has 5 heterocycles. The molecule has 0 atom stereocenters. The van der Waals surface area contributed by atoms with Crippen molar-refractivity contribution in [2.24, 2.45) is 0 Å². The van der Waals surface area contributed by atoms with E-state index in [0.29, 0.717) is 0 Å². The summed E-state index contributed by atoms with van der Waals surface area (Å²) in [6.07, 6.45) is 0. The fraction of sp³-hybridized carbons (Fsp3) is 0.500. The number of thiophene rings is 2. The van der Waals surface area contributed by atoms with Crippen molar-refractivity contribution in [3.05, 3.63) is 28.7 Å². The molecule has 148 valence electrons. The lowest BCUT2D eigenvalue weighted by Gasteiger charge is -2.34. The maximum Gasteiger partial charge on any atom is 0.146 e. The zero-order valence-corrected chi connectivity index (χ0v) is 17.8. The van der Waals surface area contributed by atoms with Crippen molar-refractivity contribution < 1.29 is 4.74 Å². The number of likely N-dealkylation sites (N-methyl/N-ethyl adjacent to an activating group) is 1. The standard InChI is InChI=1S/C20H25N5OS2/c1-23-4-6-25(7-5-23)19-18-15(16-3-2-12-27-16)14-28-20(18)22-17(21-19)13-24-8-10-26-11-9-24/h2-3,12,14H,4-11,13H2,1H3. The molecule has 2 aliphatic rings. The third-order valence-corrected chi connectivity index (χ3v) is 7.29. The smallest absolute Gasteiger partial charge is 0.146 e. The number of anilines is 1. The highest BCUT2D eigenvalue weighted by atomic mass is 32.1. The highest BCUT2D eigenvalue weighted by Crippen LogP contribution is 2.40. The molecule has 5 rings (SSSR count). The van der Waals surface area contributed by atoms with Crippen LogP contribution in [0.15, 0.2) is 22.9 Å². The molecule has 8 heteroatoms. The van der Waals surface area contributed by atoms with Crippen LogP contribution in [0.1, 0.15) is 5.82 Å². The molecular weight excluding hydrogens is 390 g/mol. The Balaban J connectivity index is 1.56. The van der Waals surface area contributed by atoms with Gasteiger partial charge in [-0.1, -0.05) is 6.07 Å². The van der Waals surface area contributed by atoms with E-state index in [1.807, 2.05) is 0 Å². The van der Waals surface area contributed by atoms with Gasteiger partial charge in [0.2, 0.25) is 0 Å². The first kappa shape index (κ1) is 18.4. The maximum atomic E-state index is 5.49. The third-order valence-electron chi connectivity index (χ3n) is 5.52. The van der Waals surface area contributed by atoms with E-state index in [4.69, 9.17) is 14.7 Å². The van der Waals surface area contributed by atoms with Crippen LogP contribution in [0.4, 0.5) is 5.82 Å². The molecule has 28 heavy (non-hydrogen) atoms. The van der Waals surface area contributed by atoms with Crippen LogP contribution >= 0.6 is 22.7 Å². The lowest BCUT2D eigenvalue weighted by atomic mass is 10.1. The van der Waals surface area contributed by atoms with Crippen molar-refractivity contribution in [1.29, 1.82) is 0 Å². The zero-order valence-electron chi connectivity index (χ0n) is 16.1. The number of aromatic nitrogens is 2. The number of hydrogen-bond donors (Lipinski definition) is 0.